The van der Waals surface area contributed by atoms with Crippen LogP contribution in [0.5, 0.6) is 11.5 Å². The molecule has 1 amide bonds. The van der Waals surface area contributed by atoms with Crippen molar-refractivity contribution in [2.75, 3.05) is 20.3 Å². The van der Waals surface area contributed by atoms with Gasteiger partial charge in [-0.05, 0) is 42.3 Å². The molecule has 116 valence electrons. The predicted molar refractivity (Wildman–Crippen MR) is 86.7 cm³/mol. The van der Waals surface area contributed by atoms with Crippen LogP contribution in [0.4, 0.5) is 0 Å². The molecule has 5 heteroatoms. The number of halogens is 1. The van der Waals surface area contributed by atoms with Gasteiger partial charge in [0.2, 0.25) is 0 Å². The van der Waals surface area contributed by atoms with E-state index in [1.54, 1.807) is 31.4 Å². The molecule has 1 N–H and O–H groups in total. The Balaban J connectivity index is 1.71. The van der Waals surface area contributed by atoms with Gasteiger partial charge >= 0.3 is 0 Å². The molecule has 0 spiro atoms. The smallest absolute Gasteiger partial charge is 0.257 e. The summed E-state index contributed by atoms with van der Waals surface area (Å²) < 4.78 is 10.5. The zero-order valence-corrected chi connectivity index (χ0v) is 13.1. The lowest BCUT2D eigenvalue weighted by Crippen LogP contribution is -2.30. The molecule has 0 radical (unpaired) electrons. The fraction of sp³-hybridized carbons (Fsp3) is 0.235. The maximum absolute atomic E-state index is 11.7. The second kappa shape index (κ2) is 8.29. The van der Waals surface area contributed by atoms with E-state index in [9.17, 15) is 4.79 Å². The van der Waals surface area contributed by atoms with Crippen LogP contribution in [0.25, 0.3) is 0 Å². The van der Waals surface area contributed by atoms with Crippen LogP contribution < -0.4 is 14.8 Å². The van der Waals surface area contributed by atoms with E-state index in [-0.39, 0.29) is 12.5 Å². The van der Waals surface area contributed by atoms with Crippen LogP contribution in [0.1, 0.15) is 5.56 Å². The van der Waals surface area contributed by atoms with Gasteiger partial charge in [0, 0.05) is 11.6 Å². The minimum absolute atomic E-state index is 0.0293. The molecule has 2 aromatic rings. The molecule has 0 saturated carbocycles. The molecule has 0 saturated heterocycles. The van der Waals surface area contributed by atoms with E-state index >= 15 is 0 Å². The number of amides is 1. The molecule has 0 aliphatic heterocycles. The van der Waals surface area contributed by atoms with Crippen LogP contribution in [-0.4, -0.2) is 26.2 Å². The number of ether oxygens (including phenoxy) is 2. The molecule has 0 unspecified atom stereocenters. The van der Waals surface area contributed by atoms with Gasteiger partial charge in [-0.25, -0.2) is 0 Å². The molecule has 22 heavy (non-hydrogen) atoms. The Labute approximate surface area is 135 Å². The first-order chi connectivity index (χ1) is 10.7. The summed E-state index contributed by atoms with van der Waals surface area (Å²) in [6.45, 7) is 0.517. The number of nitrogens with one attached hydrogen (secondary N) is 1. The first-order valence-electron chi connectivity index (χ1n) is 6.95. The number of hydrogen-bond acceptors (Lipinski definition) is 3. The van der Waals surface area contributed by atoms with Gasteiger partial charge in [0.25, 0.3) is 5.91 Å². The summed E-state index contributed by atoms with van der Waals surface area (Å²) in [5, 5.41) is 3.40. The van der Waals surface area contributed by atoms with E-state index < -0.39 is 0 Å². The highest BCUT2D eigenvalue weighted by atomic mass is 35.5. The molecule has 0 aliphatic carbocycles. The zero-order valence-electron chi connectivity index (χ0n) is 12.3. The van der Waals surface area contributed by atoms with Crippen molar-refractivity contribution < 1.29 is 14.3 Å². The molecule has 0 bridgehead atoms. The summed E-state index contributed by atoms with van der Waals surface area (Å²) in [7, 11) is 1.63. The van der Waals surface area contributed by atoms with Gasteiger partial charge in [-0.1, -0.05) is 29.8 Å². The average Bonchev–Trinajstić information content (AvgIpc) is 2.53. The van der Waals surface area contributed by atoms with E-state index in [1.807, 2.05) is 24.3 Å². The lowest BCUT2D eigenvalue weighted by atomic mass is 10.1. The van der Waals surface area contributed by atoms with Gasteiger partial charge in [0.05, 0.1) is 7.11 Å². The summed E-state index contributed by atoms with van der Waals surface area (Å²) in [6.07, 6.45) is 0.736. The maximum atomic E-state index is 11.7. The van der Waals surface area contributed by atoms with Gasteiger partial charge in [-0.3, -0.25) is 4.79 Å². The van der Waals surface area contributed by atoms with Gasteiger partial charge in [-0.2, -0.15) is 0 Å². The van der Waals surface area contributed by atoms with Gasteiger partial charge in [-0.15, -0.1) is 0 Å². The van der Waals surface area contributed by atoms with Crippen molar-refractivity contribution in [2.24, 2.45) is 0 Å². The predicted octanol–water partition coefficient (Wildman–Crippen LogP) is 3.09. The molecule has 2 rings (SSSR count). The number of methoxy groups -OCH3 is 1. The summed E-state index contributed by atoms with van der Waals surface area (Å²) in [5.41, 5.74) is 1.11. The fourth-order valence-electron chi connectivity index (χ4n) is 1.93. The first kappa shape index (κ1) is 16.2. The molecule has 2 aromatic carbocycles. The highest BCUT2D eigenvalue weighted by Gasteiger charge is 2.03. The van der Waals surface area contributed by atoms with E-state index in [4.69, 9.17) is 21.1 Å². The normalized spacial score (nSPS) is 10.1. The quantitative estimate of drug-likeness (QED) is 0.853. The minimum Gasteiger partial charge on any atom is -0.497 e. The molecular formula is C17H18ClNO3. The molecule has 0 heterocycles. The van der Waals surface area contributed by atoms with E-state index in [2.05, 4.69) is 5.32 Å². The third-order valence-electron chi connectivity index (χ3n) is 3.04. The Bertz CT molecular complexity index is 631. The third kappa shape index (κ3) is 5.30. The van der Waals surface area contributed by atoms with E-state index in [0.29, 0.717) is 17.3 Å². The van der Waals surface area contributed by atoms with Crippen LogP contribution in [0, 0.1) is 0 Å². The van der Waals surface area contributed by atoms with Crippen molar-refractivity contribution in [3.8, 4) is 11.5 Å². The lowest BCUT2D eigenvalue weighted by molar-refractivity contribution is -0.123. The second-order valence-corrected chi connectivity index (χ2v) is 5.13. The SMILES string of the molecule is COc1cccc(CCNC(=O)COc2cccc(Cl)c2)c1. The summed E-state index contributed by atoms with van der Waals surface area (Å²) in [5.74, 6) is 1.23. The number of benzene rings is 2. The van der Waals surface area contributed by atoms with Crippen molar-refractivity contribution in [2.45, 2.75) is 6.42 Å². The Morgan fingerprint density at radius 2 is 1.91 bits per heavy atom. The van der Waals surface area contributed by atoms with Crippen LogP contribution in [0.2, 0.25) is 5.02 Å². The highest BCUT2D eigenvalue weighted by Crippen LogP contribution is 2.16. The topological polar surface area (TPSA) is 47.6 Å². The van der Waals surface area contributed by atoms with Crippen LogP contribution in [0.3, 0.4) is 0 Å². The second-order valence-electron chi connectivity index (χ2n) is 4.70. The standard InChI is InChI=1S/C17H18ClNO3/c1-21-15-6-2-4-13(10-15)8-9-19-17(20)12-22-16-7-3-5-14(18)11-16/h2-7,10-11H,8-9,12H2,1H3,(H,19,20). The number of carbonyl (C=O) groups excluding carboxylic acids is 1. The van der Waals surface area contributed by atoms with Crippen molar-refractivity contribution in [3.63, 3.8) is 0 Å². The average molecular weight is 320 g/mol. The Kier molecular flexibility index (Phi) is 6.10. The Hall–Kier alpha value is -2.20. The Morgan fingerprint density at radius 3 is 2.68 bits per heavy atom. The zero-order chi connectivity index (χ0) is 15.8. The van der Waals surface area contributed by atoms with Gasteiger partial charge in [0.1, 0.15) is 11.5 Å². The molecule has 0 atom stereocenters. The van der Waals surface area contributed by atoms with E-state index in [0.717, 1.165) is 17.7 Å². The summed E-state index contributed by atoms with van der Waals surface area (Å²) in [6, 6.07) is 14.7. The number of rotatable bonds is 7. The first-order valence-corrected chi connectivity index (χ1v) is 7.33. The number of carbonyl (C=O) groups is 1. The van der Waals surface area contributed by atoms with Crippen molar-refractivity contribution in [1.29, 1.82) is 0 Å². The molecule has 0 aromatic heterocycles. The van der Waals surface area contributed by atoms with Gasteiger partial charge < -0.3 is 14.8 Å². The van der Waals surface area contributed by atoms with Crippen molar-refractivity contribution in [1.82, 2.24) is 5.32 Å². The molecule has 0 aliphatic rings. The summed E-state index contributed by atoms with van der Waals surface area (Å²) in [4.78, 5) is 11.7. The van der Waals surface area contributed by atoms with Crippen LogP contribution in [0.15, 0.2) is 48.5 Å². The minimum atomic E-state index is -0.164. The lowest BCUT2D eigenvalue weighted by Gasteiger charge is -2.08. The Morgan fingerprint density at radius 1 is 1.14 bits per heavy atom. The molecular weight excluding hydrogens is 302 g/mol. The third-order valence-corrected chi connectivity index (χ3v) is 3.27. The molecule has 0 fully saturated rings. The monoisotopic (exact) mass is 319 g/mol. The number of hydrogen-bond donors (Lipinski definition) is 1. The van der Waals surface area contributed by atoms with Crippen molar-refractivity contribution in [3.05, 3.63) is 59.1 Å². The van der Waals surface area contributed by atoms with Crippen LogP contribution >= 0.6 is 11.6 Å². The summed E-state index contributed by atoms with van der Waals surface area (Å²) >= 11 is 5.85. The maximum Gasteiger partial charge on any atom is 0.257 e. The largest absolute Gasteiger partial charge is 0.497 e. The van der Waals surface area contributed by atoms with Gasteiger partial charge in [0.15, 0.2) is 6.61 Å². The van der Waals surface area contributed by atoms with E-state index in [1.165, 1.54) is 0 Å². The van der Waals surface area contributed by atoms with Crippen molar-refractivity contribution >= 4 is 17.5 Å². The highest BCUT2D eigenvalue weighted by molar-refractivity contribution is 6.30. The van der Waals surface area contributed by atoms with Crippen LogP contribution in [-0.2, 0) is 11.2 Å². The fourth-order valence-corrected chi connectivity index (χ4v) is 2.11. The molecule has 4 nitrogen and oxygen atoms in total.